The van der Waals surface area contributed by atoms with E-state index in [9.17, 15) is 0 Å². The molecule has 0 spiro atoms. The minimum absolute atomic E-state index is 0.108. The van der Waals surface area contributed by atoms with E-state index >= 15 is 0 Å². The zero-order valence-electron chi connectivity index (χ0n) is 10.6. The molecule has 2 aromatic rings. The highest BCUT2D eigenvalue weighted by Gasteiger charge is 2.33. The van der Waals surface area contributed by atoms with Gasteiger partial charge in [0.2, 0.25) is 0 Å². The van der Waals surface area contributed by atoms with Crippen LogP contribution in [0.25, 0.3) is 10.7 Å². The van der Waals surface area contributed by atoms with Crippen LogP contribution < -0.4 is 5.73 Å². The van der Waals surface area contributed by atoms with Gasteiger partial charge in [0, 0.05) is 17.1 Å². The molecule has 0 aromatic carbocycles. The first-order chi connectivity index (χ1) is 8.55. The van der Waals surface area contributed by atoms with Crippen molar-refractivity contribution in [2.45, 2.75) is 32.7 Å². The molecule has 1 aliphatic carbocycles. The molecule has 1 unspecified atom stereocenters. The van der Waals surface area contributed by atoms with Crippen LogP contribution in [0.15, 0.2) is 18.6 Å². The van der Waals surface area contributed by atoms with Crippen molar-refractivity contribution in [3.63, 3.8) is 0 Å². The molecule has 2 N–H and O–H groups in total. The number of fused-ring (bicyclic) bond motifs is 1. The number of hydrogen-bond donors (Lipinski definition) is 1. The van der Waals surface area contributed by atoms with Gasteiger partial charge >= 0.3 is 0 Å². The summed E-state index contributed by atoms with van der Waals surface area (Å²) in [5.41, 5.74) is 8.52. The molecular formula is C13H16N4S. The van der Waals surface area contributed by atoms with Crippen molar-refractivity contribution in [3.8, 4) is 10.7 Å². The molecule has 94 valence electrons. The van der Waals surface area contributed by atoms with E-state index in [0.29, 0.717) is 0 Å². The van der Waals surface area contributed by atoms with Crippen LogP contribution in [-0.4, -0.2) is 15.0 Å². The molecule has 0 aliphatic heterocycles. The smallest absolute Gasteiger partial charge is 0.142 e. The summed E-state index contributed by atoms with van der Waals surface area (Å²) in [6, 6.07) is 2.00. The average molecular weight is 260 g/mol. The normalized spacial score (nSPS) is 21.6. The quantitative estimate of drug-likeness (QED) is 0.856. The van der Waals surface area contributed by atoms with Gasteiger partial charge < -0.3 is 5.73 Å². The summed E-state index contributed by atoms with van der Waals surface area (Å²) in [5.74, 6) is 0. The van der Waals surface area contributed by atoms with Gasteiger partial charge in [-0.2, -0.15) is 0 Å². The van der Waals surface area contributed by atoms with E-state index in [4.69, 9.17) is 10.7 Å². The summed E-state index contributed by atoms with van der Waals surface area (Å²) < 4.78 is 0. The molecular weight excluding hydrogens is 244 g/mol. The fraction of sp³-hybridized carbons (Fsp3) is 0.462. The summed E-state index contributed by atoms with van der Waals surface area (Å²) in [7, 11) is 0. The van der Waals surface area contributed by atoms with Crippen molar-refractivity contribution in [2.24, 2.45) is 11.1 Å². The third-order valence-corrected chi connectivity index (χ3v) is 4.54. The molecule has 0 bridgehead atoms. The second-order valence-corrected chi connectivity index (χ2v) is 6.61. The molecule has 2 aromatic heterocycles. The Hall–Kier alpha value is -1.33. The van der Waals surface area contributed by atoms with Crippen LogP contribution in [0.4, 0.5) is 0 Å². The number of nitrogens with zero attached hydrogens (tertiary/aromatic N) is 3. The molecule has 0 amide bonds. The SMILES string of the molecule is CC1(C)Cc2nc(-c3ccncn3)sc2C(N)C1. The van der Waals surface area contributed by atoms with E-state index in [1.807, 2.05) is 6.07 Å². The Morgan fingerprint density at radius 1 is 1.44 bits per heavy atom. The van der Waals surface area contributed by atoms with E-state index in [1.54, 1.807) is 23.9 Å². The number of thiazole rings is 1. The minimum atomic E-state index is 0.108. The van der Waals surface area contributed by atoms with Crippen LogP contribution in [-0.2, 0) is 6.42 Å². The van der Waals surface area contributed by atoms with E-state index in [2.05, 4.69) is 23.8 Å². The summed E-state index contributed by atoms with van der Waals surface area (Å²) in [6.45, 7) is 4.50. The first-order valence-electron chi connectivity index (χ1n) is 6.07. The molecule has 0 radical (unpaired) electrons. The monoisotopic (exact) mass is 260 g/mol. The van der Waals surface area contributed by atoms with Gasteiger partial charge in [0.25, 0.3) is 0 Å². The van der Waals surface area contributed by atoms with Crippen LogP contribution in [0.1, 0.15) is 36.9 Å². The van der Waals surface area contributed by atoms with Crippen LogP contribution in [0, 0.1) is 5.41 Å². The molecule has 3 rings (SSSR count). The summed E-state index contributed by atoms with van der Waals surface area (Å²) >= 11 is 1.67. The molecule has 0 fully saturated rings. The van der Waals surface area contributed by atoms with Gasteiger partial charge in [0.05, 0.1) is 5.69 Å². The van der Waals surface area contributed by atoms with E-state index in [1.165, 1.54) is 4.88 Å². The van der Waals surface area contributed by atoms with Crippen LogP contribution >= 0.6 is 11.3 Å². The zero-order chi connectivity index (χ0) is 12.8. The van der Waals surface area contributed by atoms with Crippen molar-refractivity contribution in [2.75, 3.05) is 0 Å². The standard InChI is InChI=1S/C13H16N4S/c1-13(2)5-8(14)11-10(6-13)17-12(18-11)9-3-4-15-7-16-9/h3-4,7-8H,5-6,14H2,1-2H3. The lowest BCUT2D eigenvalue weighted by molar-refractivity contribution is 0.282. The Morgan fingerprint density at radius 2 is 2.28 bits per heavy atom. The summed E-state index contributed by atoms with van der Waals surface area (Å²) in [5, 5.41) is 0.954. The highest BCUT2D eigenvalue weighted by molar-refractivity contribution is 7.15. The number of aromatic nitrogens is 3. The lowest BCUT2D eigenvalue weighted by atomic mass is 9.77. The van der Waals surface area contributed by atoms with Crippen molar-refractivity contribution >= 4 is 11.3 Å². The fourth-order valence-electron chi connectivity index (χ4n) is 2.52. The third-order valence-electron chi connectivity index (χ3n) is 3.28. The third kappa shape index (κ3) is 2.04. The van der Waals surface area contributed by atoms with Gasteiger partial charge in [0.1, 0.15) is 17.0 Å². The Bertz CT molecular complexity index is 562. The second kappa shape index (κ2) is 4.10. The van der Waals surface area contributed by atoms with Crippen LogP contribution in [0.5, 0.6) is 0 Å². The fourth-order valence-corrected chi connectivity index (χ4v) is 3.58. The molecule has 4 nitrogen and oxygen atoms in total. The van der Waals surface area contributed by atoms with Gasteiger partial charge in [-0.05, 0) is 24.3 Å². The molecule has 0 saturated heterocycles. The van der Waals surface area contributed by atoms with E-state index in [0.717, 1.165) is 29.2 Å². The number of hydrogen-bond acceptors (Lipinski definition) is 5. The molecule has 0 saturated carbocycles. The molecule has 18 heavy (non-hydrogen) atoms. The average Bonchev–Trinajstić information content (AvgIpc) is 2.72. The van der Waals surface area contributed by atoms with Gasteiger partial charge in [0.15, 0.2) is 0 Å². The maximum Gasteiger partial charge on any atom is 0.142 e. The van der Waals surface area contributed by atoms with Gasteiger partial charge in [-0.15, -0.1) is 11.3 Å². The van der Waals surface area contributed by atoms with Gasteiger partial charge in [-0.1, -0.05) is 13.8 Å². The maximum absolute atomic E-state index is 6.25. The lowest BCUT2D eigenvalue weighted by Gasteiger charge is -2.32. The number of rotatable bonds is 1. The molecule has 1 atom stereocenters. The van der Waals surface area contributed by atoms with Crippen molar-refractivity contribution < 1.29 is 0 Å². The predicted octanol–water partition coefficient (Wildman–Crippen LogP) is 2.57. The Balaban J connectivity index is 2.03. The zero-order valence-corrected chi connectivity index (χ0v) is 11.4. The largest absolute Gasteiger partial charge is 0.323 e. The Morgan fingerprint density at radius 3 is 3.00 bits per heavy atom. The summed E-state index contributed by atoms with van der Waals surface area (Å²) in [4.78, 5) is 14.1. The molecule has 2 heterocycles. The first-order valence-corrected chi connectivity index (χ1v) is 6.88. The highest BCUT2D eigenvalue weighted by atomic mass is 32.1. The molecule has 5 heteroatoms. The van der Waals surface area contributed by atoms with Crippen LogP contribution in [0.2, 0.25) is 0 Å². The lowest BCUT2D eigenvalue weighted by Crippen LogP contribution is -2.28. The van der Waals surface area contributed by atoms with Crippen molar-refractivity contribution in [3.05, 3.63) is 29.2 Å². The van der Waals surface area contributed by atoms with Gasteiger partial charge in [-0.25, -0.2) is 15.0 Å². The van der Waals surface area contributed by atoms with E-state index in [-0.39, 0.29) is 11.5 Å². The highest BCUT2D eigenvalue weighted by Crippen LogP contribution is 2.43. The minimum Gasteiger partial charge on any atom is -0.323 e. The van der Waals surface area contributed by atoms with Crippen LogP contribution in [0.3, 0.4) is 0 Å². The predicted molar refractivity (Wildman–Crippen MR) is 72.2 cm³/mol. The van der Waals surface area contributed by atoms with Crippen molar-refractivity contribution in [1.29, 1.82) is 0 Å². The maximum atomic E-state index is 6.25. The molecule has 1 aliphatic rings. The van der Waals surface area contributed by atoms with E-state index < -0.39 is 0 Å². The first kappa shape index (κ1) is 11.7. The van der Waals surface area contributed by atoms with Gasteiger partial charge in [-0.3, -0.25) is 0 Å². The topological polar surface area (TPSA) is 64.7 Å². The second-order valence-electron chi connectivity index (χ2n) is 5.58. The Kier molecular flexibility index (Phi) is 2.68. The van der Waals surface area contributed by atoms with Crippen molar-refractivity contribution in [1.82, 2.24) is 15.0 Å². The number of nitrogens with two attached hydrogens (primary N) is 1. The summed E-state index contributed by atoms with van der Waals surface area (Å²) in [6.07, 6.45) is 5.31. The Labute approximate surface area is 110 Å².